The van der Waals surface area contributed by atoms with E-state index in [1.165, 1.54) is 22.3 Å². The Morgan fingerprint density at radius 3 is 1.55 bits per heavy atom. The van der Waals surface area contributed by atoms with Gasteiger partial charge in [0.25, 0.3) is 0 Å². The molecule has 9 heteroatoms. The molecule has 0 amide bonds. The van der Waals surface area contributed by atoms with Crippen LogP contribution in [-0.4, -0.2) is 62.8 Å². The number of rotatable bonds is 3. The van der Waals surface area contributed by atoms with Gasteiger partial charge in [-0.25, -0.2) is 0 Å². The van der Waals surface area contributed by atoms with Crippen molar-refractivity contribution < 1.29 is 4.42 Å². The summed E-state index contributed by atoms with van der Waals surface area (Å²) in [6, 6.07) is 37.2. The molecule has 1 heterocycles. The fourth-order valence-corrected chi connectivity index (χ4v) is 9.23. The Morgan fingerprint density at radius 2 is 0.875 bits per heavy atom. The highest BCUT2D eigenvalue weighted by molar-refractivity contribution is 6.71. The van der Waals surface area contributed by atoms with Gasteiger partial charge in [-0.1, -0.05) is 121 Å². The van der Waals surface area contributed by atoms with Crippen molar-refractivity contribution in [2.75, 3.05) is 0 Å². The Labute approximate surface area is 336 Å². The fourth-order valence-electron chi connectivity index (χ4n) is 9.23. The first-order chi connectivity index (χ1) is 26.9. The Bertz CT molecular complexity index is 3130. The molecule has 8 aromatic carbocycles. The van der Waals surface area contributed by atoms with Gasteiger partial charge >= 0.3 is 0 Å². The van der Waals surface area contributed by atoms with Crippen LogP contribution in [0.15, 0.2) is 114 Å². The van der Waals surface area contributed by atoms with Gasteiger partial charge in [-0.15, -0.1) is 21.9 Å². The van der Waals surface area contributed by atoms with Gasteiger partial charge in [-0.3, -0.25) is 0 Å². The number of benzene rings is 8. The fraction of sp³-hybridized carbons (Fsp3) is 0.0638. The SMILES string of the molecule is [B]c1c([B])c([B])c2c(-c3cccc4oc5ccccc5c34)c3c([B])c([B])c([B])c([B])c3c(-c3cccc(-c4ccc5c(c4)C(C)(C)c4ccccc4-5)c3)c2c1[B]. The quantitative estimate of drug-likeness (QED) is 0.204. The Balaban J connectivity index is 1.34. The lowest BCUT2D eigenvalue weighted by atomic mass is 9.59. The highest BCUT2D eigenvalue weighted by Crippen LogP contribution is 2.50. The third-order valence-corrected chi connectivity index (χ3v) is 12.1. The van der Waals surface area contributed by atoms with Gasteiger partial charge in [0.2, 0.25) is 0 Å². The number of para-hydroxylation sites is 1. The smallest absolute Gasteiger partial charge is 0.136 e. The zero-order valence-electron chi connectivity index (χ0n) is 30.9. The number of hydrogen-bond acceptors (Lipinski definition) is 1. The van der Waals surface area contributed by atoms with Gasteiger partial charge in [0.1, 0.15) is 73.9 Å². The first-order valence-corrected chi connectivity index (χ1v) is 18.4. The first-order valence-electron chi connectivity index (χ1n) is 18.4. The van der Waals surface area contributed by atoms with Crippen LogP contribution in [0.3, 0.4) is 0 Å². The monoisotopic (exact) mass is 692 g/mol. The van der Waals surface area contributed by atoms with E-state index in [1.807, 2.05) is 54.6 Å². The van der Waals surface area contributed by atoms with Crippen LogP contribution in [0.4, 0.5) is 0 Å². The van der Waals surface area contributed by atoms with Crippen molar-refractivity contribution in [1.29, 1.82) is 0 Å². The van der Waals surface area contributed by atoms with Crippen molar-refractivity contribution in [3.05, 3.63) is 120 Å². The van der Waals surface area contributed by atoms with Crippen molar-refractivity contribution in [3.63, 3.8) is 0 Å². The molecule has 242 valence electrons. The summed E-state index contributed by atoms with van der Waals surface area (Å²) in [6.45, 7) is 4.55. The lowest BCUT2D eigenvalue weighted by molar-refractivity contribution is 0.660. The number of fused-ring (bicyclic) bond motifs is 8. The Morgan fingerprint density at radius 1 is 0.375 bits per heavy atom. The van der Waals surface area contributed by atoms with E-state index >= 15 is 0 Å². The van der Waals surface area contributed by atoms with Crippen LogP contribution >= 0.6 is 0 Å². The summed E-state index contributed by atoms with van der Waals surface area (Å²) in [5, 5.41) is 4.02. The van der Waals surface area contributed by atoms with Crippen molar-refractivity contribution in [2.45, 2.75) is 19.3 Å². The molecule has 56 heavy (non-hydrogen) atoms. The summed E-state index contributed by atoms with van der Waals surface area (Å²) in [7, 11) is 55.0. The van der Waals surface area contributed by atoms with E-state index in [2.05, 4.69) is 68.4 Å². The zero-order valence-corrected chi connectivity index (χ0v) is 30.9. The highest BCUT2D eigenvalue weighted by atomic mass is 16.3. The third-order valence-electron chi connectivity index (χ3n) is 12.1. The summed E-state index contributed by atoms with van der Waals surface area (Å²) in [4.78, 5) is 0. The van der Waals surface area contributed by atoms with Crippen molar-refractivity contribution >= 4 is 150 Å². The van der Waals surface area contributed by atoms with Gasteiger partial charge in [-0.2, -0.15) is 0 Å². The average Bonchev–Trinajstić information content (AvgIpc) is 3.71. The van der Waals surface area contributed by atoms with Gasteiger partial charge < -0.3 is 4.42 Å². The van der Waals surface area contributed by atoms with E-state index in [-0.39, 0.29) is 49.1 Å². The second-order valence-corrected chi connectivity index (χ2v) is 15.3. The lowest BCUT2D eigenvalue weighted by Gasteiger charge is -2.29. The predicted octanol–water partition coefficient (Wildman–Crippen LogP) is 3.55. The maximum absolute atomic E-state index is 7.08. The summed E-state index contributed by atoms with van der Waals surface area (Å²) < 4.78 is 6.34. The van der Waals surface area contributed by atoms with Crippen molar-refractivity contribution in [3.8, 4) is 44.5 Å². The van der Waals surface area contributed by atoms with E-state index < -0.39 is 0 Å². The third kappa shape index (κ3) is 4.67. The normalized spacial score (nSPS) is 13.2. The average molecular weight is 691 g/mol. The van der Waals surface area contributed by atoms with E-state index in [4.69, 9.17) is 67.2 Å². The molecular formula is C47H24B8O. The van der Waals surface area contributed by atoms with Gasteiger partial charge in [0.15, 0.2) is 0 Å². The molecule has 1 nitrogen and oxygen atoms in total. The molecule has 0 unspecified atom stereocenters. The maximum Gasteiger partial charge on any atom is 0.136 e. The molecule has 16 radical (unpaired) electrons. The van der Waals surface area contributed by atoms with Gasteiger partial charge in [-0.05, 0) is 101 Å². The Kier molecular flexibility index (Phi) is 7.70. The summed E-state index contributed by atoms with van der Waals surface area (Å²) in [5.74, 6) is 0. The molecule has 0 saturated heterocycles. The van der Waals surface area contributed by atoms with Crippen LogP contribution in [0.1, 0.15) is 25.0 Å². The molecular weight excluding hydrogens is 667 g/mol. The molecule has 0 spiro atoms. The van der Waals surface area contributed by atoms with Crippen LogP contribution in [0.25, 0.3) is 88.0 Å². The molecule has 0 atom stereocenters. The van der Waals surface area contributed by atoms with Gasteiger partial charge in [0, 0.05) is 16.2 Å². The summed E-state index contributed by atoms with van der Waals surface area (Å²) in [6.07, 6.45) is 0. The predicted molar refractivity (Wildman–Crippen MR) is 246 cm³/mol. The molecule has 10 rings (SSSR count). The molecule has 0 saturated carbocycles. The summed E-state index contributed by atoms with van der Waals surface area (Å²) in [5.41, 5.74) is 12.9. The second-order valence-electron chi connectivity index (χ2n) is 15.3. The topological polar surface area (TPSA) is 13.1 Å². The molecule has 1 aromatic heterocycles. The number of hydrogen-bond donors (Lipinski definition) is 0. The Hall–Kier alpha value is -5.40. The van der Waals surface area contributed by atoms with Crippen LogP contribution in [0, 0.1) is 0 Å². The molecule has 0 fully saturated rings. The van der Waals surface area contributed by atoms with Crippen molar-refractivity contribution in [2.24, 2.45) is 0 Å². The minimum Gasteiger partial charge on any atom is -0.456 e. The standard InChI is InChI=1S/C47H24B8O/c1-47(2)28-14-5-3-11-24(28)25-18-17-22(20-29(25)47)21-9-7-10-23(19-21)32-35-37(41(50)45(54)43(52)39(35)48)34(38-36(32)40(49)44(53)46(55)42(38)51)27-13-8-16-31-33(27)26-12-4-6-15-30(26)56-31/h3-20H,1-2H3. The molecule has 1 aliphatic carbocycles. The maximum atomic E-state index is 7.08. The summed E-state index contributed by atoms with van der Waals surface area (Å²) >= 11 is 0. The minimum atomic E-state index is -0.169. The lowest BCUT2D eigenvalue weighted by Crippen LogP contribution is -2.50. The van der Waals surface area contributed by atoms with Gasteiger partial charge in [0.05, 0.1) is 0 Å². The second kappa shape index (κ2) is 12.3. The van der Waals surface area contributed by atoms with E-state index in [1.54, 1.807) is 0 Å². The van der Waals surface area contributed by atoms with E-state index in [0.717, 1.165) is 38.6 Å². The van der Waals surface area contributed by atoms with Crippen LogP contribution in [0.5, 0.6) is 0 Å². The van der Waals surface area contributed by atoms with Crippen molar-refractivity contribution in [1.82, 2.24) is 0 Å². The zero-order chi connectivity index (χ0) is 38.9. The van der Waals surface area contributed by atoms with E-state index in [9.17, 15) is 0 Å². The van der Waals surface area contributed by atoms with Crippen LogP contribution in [-0.2, 0) is 5.41 Å². The van der Waals surface area contributed by atoms with Crippen LogP contribution < -0.4 is 43.7 Å². The molecule has 1 aliphatic rings. The van der Waals surface area contributed by atoms with E-state index in [0.29, 0.717) is 38.3 Å². The largest absolute Gasteiger partial charge is 0.456 e. The minimum absolute atomic E-state index is 0.163. The van der Waals surface area contributed by atoms with Crippen LogP contribution in [0.2, 0.25) is 0 Å². The molecule has 9 aromatic rings. The molecule has 0 aliphatic heterocycles. The molecule has 0 bridgehead atoms. The molecule has 0 N–H and O–H groups in total. The number of furan rings is 1. The highest BCUT2D eigenvalue weighted by Gasteiger charge is 2.35. The first kappa shape index (κ1) is 35.0.